The topological polar surface area (TPSA) is 41.1 Å². The summed E-state index contributed by atoms with van der Waals surface area (Å²) in [6.45, 7) is 4.97. The van der Waals surface area contributed by atoms with E-state index in [0.717, 1.165) is 24.5 Å². The lowest BCUT2D eigenvalue weighted by Gasteiger charge is -2.22. The van der Waals surface area contributed by atoms with E-state index >= 15 is 0 Å². The third-order valence-corrected chi connectivity index (χ3v) is 3.91. The molecule has 1 aromatic rings. The molecule has 2 heterocycles. The van der Waals surface area contributed by atoms with E-state index in [9.17, 15) is 4.79 Å². The molecule has 0 radical (unpaired) electrons. The Morgan fingerprint density at radius 1 is 1.59 bits per heavy atom. The molecule has 96 valence electrons. The monoisotopic (exact) mass is 274 g/mol. The predicted octanol–water partition coefficient (Wildman–Crippen LogP) is 2.21. The van der Waals surface area contributed by atoms with Gasteiger partial charge in [-0.05, 0) is 50.9 Å². The van der Waals surface area contributed by atoms with Gasteiger partial charge in [0, 0.05) is 11.4 Å². The van der Waals surface area contributed by atoms with Crippen LogP contribution in [0.25, 0.3) is 0 Å². The minimum absolute atomic E-state index is 0. The number of nitrogens with one attached hydrogen (secondary N) is 2. The summed E-state index contributed by atoms with van der Waals surface area (Å²) in [5, 5.41) is 6.37. The number of piperidine rings is 1. The highest BCUT2D eigenvalue weighted by molar-refractivity contribution is 7.13. The highest BCUT2D eigenvalue weighted by Gasteiger charge is 2.14. The van der Waals surface area contributed by atoms with Crippen molar-refractivity contribution in [1.29, 1.82) is 0 Å². The number of hydrogen-bond acceptors (Lipinski definition) is 3. The van der Waals surface area contributed by atoms with Gasteiger partial charge in [0.15, 0.2) is 0 Å². The fourth-order valence-electron chi connectivity index (χ4n) is 1.98. The lowest BCUT2D eigenvalue weighted by atomic mass is 10.00. The second-order valence-electron chi connectivity index (χ2n) is 4.33. The van der Waals surface area contributed by atoms with Crippen LogP contribution in [0.15, 0.2) is 12.1 Å². The van der Waals surface area contributed by atoms with E-state index in [4.69, 9.17) is 0 Å². The lowest BCUT2D eigenvalue weighted by Crippen LogP contribution is -2.37. The van der Waals surface area contributed by atoms with E-state index in [-0.39, 0.29) is 18.3 Å². The Hall–Kier alpha value is -0.580. The van der Waals surface area contributed by atoms with Crippen LogP contribution in [0.1, 0.15) is 27.4 Å². The van der Waals surface area contributed by atoms with Crippen LogP contribution < -0.4 is 10.6 Å². The van der Waals surface area contributed by atoms with Crippen LogP contribution in [-0.4, -0.2) is 25.5 Å². The molecule has 0 bridgehead atoms. The highest BCUT2D eigenvalue weighted by Crippen LogP contribution is 2.15. The van der Waals surface area contributed by atoms with Gasteiger partial charge in [0.1, 0.15) is 0 Å². The smallest absolute Gasteiger partial charge is 0.261 e. The molecule has 0 aliphatic carbocycles. The van der Waals surface area contributed by atoms with Crippen LogP contribution >= 0.6 is 23.7 Å². The standard InChI is InChI=1S/C12H18N2OS.ClH/c1-9-4-5-11(16-9)12(15)14-8-10-3-2-6-13-7-10;/h4-5,10,13H,2-3,6-8H2,1H3,(H,14,15);1H. The third kappa shape index (κ3) is 4.30. The molecule has 3 nitrogen and oxygen atoms in total. The first-order chi connectivity index (χ1) is 7.75. The molecule has 1 unspecified atom stereocenters. The molecular formula is C12H19ClN2OS. The van der Waals surface area contributed by atoms with Gasteiger partial charge in [-0.15, -0.1) is 23.7 Å². The Kier molecular flexibility index (Phi) is 5.95. The first kappa shape index (κ1) is 14.5. The van der Waals surface area contributed by atoms with Crippen LogP contribution in [0.3, 0.4) is 0 Å². The number of carbonyl (C=O) groups is 1. The molecule has 17 heavy (non-hydrogen) atoms. The molecule has 1 aliphatic heterocycles. The van der Waals surface area contributed by atoms with Crippen LogP contribution in [-0.2, 0) is 0 Å². The van der Waals surface area contributed by atoms with Crippen LogP contribution in [0.4, 0.5) is 0 Å². The van der Waals surface area contributed by atoms with Gasteiger partial charge in [0.2, 0.25) is 0 Å². The van der Waals surface area contributed by atoms with Crippen molar-refractivity contribution in [2.45, 2.75) is 19.8 Å². The highest BCUT2D eigenvalue weighted by atomic mass is 35.5. The predicted molar refractivity (Wildman–Crippen MR) is 74.2 cm³/mol. The second-order valence-corrected chi connectivity index (χ2v) is 5.62. The van der Waals surface area contributed by atoms with Crippen molar-refractivity contribution in [3.63, 3.8) is 0 Å². The Balaban J connectivity index is 0.00000144. The van der Waals surface area contributed by atoms with E-state index in [0.29, 0.717) is 5.92 Å². The molecule has 1 atom stereocenters. The maximum atomic E-state index is 11.8. The molecule has 1 amide bonds. The van der Waals surface area contributed by atoms with Gasteiger partial charge in [-0.1, -0.05) is 0 Å². The summed E-state index contributed by atoms with van der Waals surface area (Å²) in [6, 6.07) is 3.89. The van der Waals surface area contributed by atoms with Gasteiger partial charge in [-0.25, -0.2) is 0 Å². The Morgan fingerprint density at radius 3 is 3.00 bits per heavy atom. The molecule has 2 N–H and O–H groups in total. The quantitative estimate of drug-likeness (QED) is 0.887. The van der Waals surface area contributed by atoms with Crippen molar-refractivity contribution in [2.24, 2.45) is 5.92 Å². The average molecular weight is 275 g/mol. The van der Waals surface area contributed by atoms with Gasteiger partial charge in [-0.2, -0.15) is 0 Å². The van der Waals surface area contributed by atoms with Crippen molar-refractivity contribution >= 4 is 29.7 Å². The largest absolute Gasteiger partial charge is 0.351 e. The van der Waals surface area contributed by atoms with Gasteiger partial charge < -0.3 is 10.6 Å². The minimum atomic E-state index is 0. The fourth-order valence-corrected chi connectivity index (χ4v) is 2.76. The van der Waals surface area contributed by atoms with E-state index in [1.807, 2.05) is 19.1 Å². The van der Waals surface area contributed by atoms with E-state index in [2.05, 4.69) is 10.6 Å². The molecule has 1 saturated heterocycles. The number of hydrogen-bond donors (Lipinski definition) is 2. The summed E-state index contributed by atoms with van der Waals surface area (Å²) >= 11 is 1.55. The molecule has 5 heteroatoms. The number of aryl methyl sites for hydroxylation is 1. The number of amides is 1. The van der Waals surface area contributed by atoms with Crippen molar-refractivity contribution in [1.82, 2.24) is 10.6 Å². The Labute approximate surface area is 112 Å². The molecule has 0 saturated carbocycles. The zero-order valence-corrected chi connectivity index (χ0v) is 11.6. The summed E-state index contributed by atoms with van der Waals surface area (Å²) < 4.78 is 0. The molecule has 0 spiro atoms. The number of rotatable bonds is 3. The van der Waals surface area contributed by atoms with E-state index < -0.39 is 0 Å². The Bertz CT molecular complexity index is 361. The van der Waals surface area contributed by atoms with E-state index in [1.54, 1.807) is 11.3 Å². The molecule has 0 aromatic carbocycles. The third-order valence-electron chi connectivity index (χ3n) is 2.91. The number of carbonyl (C=O) groups excluding carboxylic acids is 1. The fraction of sp³-hybridized carbons (Fsp3) is 0.583. The number of halogens is 1. The molecule has 1 aromatic heterocycles. The number of thiophene rings is 1. The summed E-state index contributed by atoms with van der Waals surface area (Å²) in [5.74, 6) is 0.669. The molecule has 1 fully saturated rings. The second kappa shape index (κ2) is 6.99. The van der Waals surface area contributed by atoms with E-state index in [1.165, 1.54) is 17.7 Å². The SMILES string of the molecule is Cc1ccc(C(=O)NCC2CCCNC2)s1.Cl. The zero-order chi connectivity index (χ0) is 11.4. The van der Waals surface area contributed by atoms with Crippen molar-refractivity contribution in [3.8, 4) is 0 Å². The van der Waals surface area contributed by atoms with Gasteiger partial charge in [-0.3, -0.25) is 4.79 Å². The maximum absolute atomic E-state index is 11.8. The van der Waals surface area contributed by atoms with Crippen LogP contribution in [0.5, 0.6) is 0 Å². The van der Waals surface area contributed by atoms with Crippen molar-refractivity contribution in [3.05, 3.63) is 21.9 Å². The normalized spacial score (nSPS) is 19.5. The van der Waals surface area contributed by atoms with Crippen molar-refractivity contribution < 1.29 is 4.79 Å². The van der Waals surface area contributed by atoms with Crippen LogP contribution in [0, 0.1) is 12.8 Å². The summed E-state index contributed by atoms with van der Waals surface area (Å²) in [5.41, 5.74) is 0. The summed E-state index contributed by atoms with van der Waals surface area (Å²) in [7, 11) is 0. The van der Waals surface area contributed by atoms with Crippen molar-refractivity contribution in [2.75, 3.05) is 19.6 Å². The average Bonchev–Trinajstić information content (AvgIpc) is 2.74. The Morgan fingerprint density at radius 2 is 2.41 bits per heavy atom. The van der Waals surface area contributed by atoms with Gasteiger partial charge in [0.25, 0.3) is 5.91 Å². The lowest BCUT2D eigenvalue weighted by molar-refractivity contribution is 0.0949. The zero-order valence-electron chi connectivity index (χ0n) is 9.99. The maximum Gasteiger partial charge on any atom is 0.261 e. The van der Waals surface area contributed by atoms with Crippen LogP contribution in [0.2, 0.25) is 0 Å². The van der Waals surface area contributed by atoms with Gasteiger partial charge >= 0.3 is 0 Å². The molecule has 1 aliphatic rings. The molecule has 2 rings (SSSR count). The first-order valence-corrected chi connectivity index (χ1v) is 6.62. The van der Waals surface area contributed by atoms with Gasteiger partial charge in [0.05, 0.1) is 4.88 Å². The summed E-state index contributed by atoms with van der Waals surface area (Å²) in [6.07, 6.45) is 2.44. The minimum Gasteiger partial charge on any atom is -0.351 e. The molecular weight excluding hydrogens is 256 g/mol. The first-order valence-electron chi connectivity index (χ1n) is 5.81. The summed E-state index contributed by atoms with van der Waals surface area (Å²) in [4.78, 5) is 13.8.